The van der Waals surface area contributed by atoms with Crippen LogP contribution in [-0.4, -0.2) is 40.4 Å². The minimum atomic E-state index is -2.29. The highest BCUT2D eigenvalue weighted by Gasteiger charge is 2.76. The molecule has 1 spiro atoms. The number of esters is 1. The summed E-state index contributed by atoms with van der Waals surface area (Å²) in [5.74, 6) is -2.36. The Hall–Kier alpha value is -3.45. The number of nitrogens with zero attached hydrogens (tertiary/aromatic N) is 1. The monoisotopic (exact) mass is 433 g/mol. The summed E-state index contributed by atoms with van der Waals surface area (Å²) >= 11 is 0. The van der Waals surface area contributed by atoms with Crippen molar-refractivity contribution in [1.29, 1.82) is 0 Å². The standard InChI is InChI=1S/C25H23NO6/c1-23(2,3)32-22(29)26-17-12-8-7-11-16(17)25(20(26)27)19(15-9-5-4-6-10-15)18-13-14-24(25,30)21(28)31-18/h4-14,18-19,30H,1-3H3/t18-,19-,24+,25-/m1/s1. The van der Waals surface area contributed by atoms with E-state index in [-0.39, 0.29) is 5.69 Å². The van der Waals surface area contributed by atoms with Gasteiger partial charge in [-0.05, 0) is 50.1 Å². The van der Waals surface area contributed by atoms with E-state index in [1.54, 1.807) is 51.1 Å². The molecule has 7 heteroatoms. The van der Waals surface area contributed by atoms with Crippen LogP contribution in [0.3, 0.4) is 0 Å². The average molecular weight is 433 g/mol. The fourth-order valence-electron chi connectivity index (χ4n) is 5.17. The van der Waals surface area contributed by atoms with E-state index in [0.717, 1.165) is 4.90 Å². The van der Waals surface area contributed by atoms with Gasteiger partial charge >= 0.3 is 12.1 Å². The largest absolute Gasteiger partial charge is 0.455 e. The smallest absolute Gasteiger partial charge is 0.421 e. The maximum atomic E-state index is 14.2. The number of fused-ring (bicyclic) bond motifs is 2. The van der Waals surface area contributed by atoms with E-state index in [9.17, 15) is 19.5 Å². The number of rotatable bonds is 1. The molecule has 2 amide bonds. The van der Waals surface area contributed by atoms with Crippen molar-refractivity contribution in [3.05, 3.63) is 77.9 Å². The third-order valence-corrected chi connectivity index (χ3v) is 6.32. The van der Waals surface area contributed by atoms with Gasteiger partial charge in [0.25, 0.3) is 5.91 Å². The minimum absolute atomic E-state index is 0.287. The molecule has 7 nitrogen and oxygen atoms in total. The van der Waals surface area contributed by atoms with Gasteiger partial charge in [0.15, 0.2) is 5.60 Å². The van der Waals surface area contributed by atoms with Crippen molar-refractivity contribution in [2.75, 3.05) is 4.90 Å². The number of carbonyl (C=O) groups excluding carboxylic acids is 3. The van der Waals surface area contributed by atoms with Gasteiger partial charge in [-0.15, -0.1) is 0 Å². The van der Waals surface area contributed by atoms with Crippen molar-refractivity contribution in [2.24, 2.45) is 0 Å². The average Bonchev–Trinajstić information content (AvgIpc) is 2.99. The quantitative estimate of drug-likeness (QED) is 0.548. The SMILES string of the molecule is CC(C)(C)OC(=O)N1C(=O)[C@@]2(c3ccccc31)[C@H](c1ccccc1)[C@H]1C=C[C@]2(O)C(=O)O1. The second-order valence-electron chi connectivity index (χ2n) is 9.33. The van der Waals surface area contributed by atoms with E-state index in [1.165, 1.54) is 6.08 Å². The Balaban J connectivity index is 1.79. The zero-order chi connectivity index (χ0) is 22.9. The second-order valence-corrected chi connectivity index (χ2v) is 9.33. The van der Waals surface area contributed by atoms with Crippen molar-refractivity contribution < 1.29 is 29.0 Å². The van der Waals surface area contributed by atoms with Crippen LogP contribution in [0.1, 0.15) is 37.8 Å². The van der Waals surface area contributed by atoms with E-state index in [1.807, 2.05) is 30.3 Å². The molecule has 1 saturated heterocycles. The molecule has 4 atom stereocenters. The van der Waals surface area contributed by atoms with Crippen molar-refractivity contribution in [3.63, 3.8) is 0 Å². The van der Waals surface area contributed by atoms with Crippen LogP contribution in [0.25, 0.3) is 0 Å². The molecule has 1 N–H and O–H groups in total. The number of anilines is 1. The number of para-hydroxylation sites is 1. The molecule has 2 aromatic carbocycles. The first-order chi connectivity index (χ1) is 15.1. The number of hydrogen-bond acceptors (Lipinski definition) is 6. The Bertz CT molecular complexity index is 1170. The van der Waals surface area contributed by atoms with Crippen LogP contribution in [0.5, 0.6) is 0 Å². The molecule has 0 aromatic heterocycles. The molecule has 164 valence electrons. The van der Waals surface area contributed by atoms with Crippen LogP contribution in [-0.2, 0) is 24.5 Å². The van der Waals surface area contributed by atoms with Gasteiger partial charge in [-0.2, -0.15) is 0 Å². The van der Waals surface area contributed by atoms with Crippen LogP contribution < -0.4 is 4.90 Å². The predicted octanol–water partition coefficient (Wildman–Crippen LogP) is 3.22. The summed E-state index contributed by atoms with van der Waals surface area (Å²) in [4.78, 5) is 41.3. The number of hydrogen-bond donors (Lipinski definition) is 1. The van der Waals surface area contributed by atoms with Crippen molar-refractivity contribution in [2.45, 2.75) is 49.4 Å². The van der Waals surface area contributed by atoms with E-state index >= 15 is 0 Å². The summed E-state index contributed by atoms with van der Waals surface area (Å²) in [6.45, 7) is 5.11. The van der Waals surface area contributed by atoms with Crippen LogP contribution in [0.4, 0.5) is 10.5 Å². The van der Waals surface area contributed by atoms with E-state index in [4.69, 9.17) is 9.47 Å². The summed E-state index contributed by atoms with van der Waals surface area (Å²) in [6, 6.07) is 15.8. The zero-order valence-electron chi connectivity index (χ0n) is 17.9. The van der Waals surface area contributed by atoms with Gasteiger partial charge in [0.2, 0.25) is 0 Å². The van der Waals surface area contributed by atoms with Crippen molar-refractivity contribution in [3.8, 4) is 0 Å². The third-order valence-electron chi connectivity index (χ3n) is 6.32. The lowest BCUT2D eigenvalue weighted by Gasteiger charge is -2.54. The van der Waals surface area contributed by atoms with Gasteiger partial charge in [0, 0.05) is 5.92 Å². The number of benzene rings is 2. The Kier molecular flexibility index (Phi) is 4.17. The highest BCUT2D eigenvalue weighted by Crippen LogP contribution is 2.62. The summed E-state index contributed by atoms with van der Waals surface area (Å²) < 4.78 is 11.0. The molecule has 1 fully saturated rings. The Morgan fingerprint density at radius 1 is 1.06 bits per heavy atom. The van der Waals surface area contributed by atoms with Gasteiger partial charge in [0.1, 0.15) is 17.1 Å². The highest BCUT2D eigenvalue weighted by atomic mass is 16.6. The van der Waals surface area contributed by atoms with Gasteiger partial charge in [0.05, 0.1) is 5.69 Å². The number of aliphatic hydroxyl groups is 1. The molecule has 0 radical (unpaired) electrons. The van der Waals surface area contributed by atoms with Gasteiger partial charge in [-0.3, -0.25) is 4.79 Å². The van der Waals surface area contributed by atoms with E-state index in [0.29, 0.717) is 11.1 Å². The van der Waals surface area contributed by atoms with Gasteiger partial charge in [-0.1, -0.05) is 48.5 Å². The number of ether oxygens (including phenoxy) is 2. The van der Waals surface area contributed by atoms with Crippen molar-refractivity contribution in [1.82, 2.24) is 0 Å². The molecule has 0 unspecified atom stereocenters. The predicted molar refractivity (Wildman–Crippen MR) is 115 cm³/mol. The van der Waals surface area contributed by atoms with Crippen LogP contribution in [0.2, 0.25) is 0 Å². The lowest BCUT2D eigenvalue weighted by atomic mass is 9.53. The molecule has 0 saturated carbocycles. The molecule has 2 aromatic rings. The Labute approximate surface area is 185 Å². The Morgan fingerprint density at radius 3 is 2.38 bits per heavy atom. The second kappa shape index (κ2) is 6.53. The molecule has 6 rings (SSSR count). The zero-order valence-corrected chi connectivity index (χ0v) is 17.9. The summed E-state index contributed by atoms with van der Waals surface area (Å²) in [5, 5.41) is 11.8. The minimum Gasteiger partial charge on any atom is -0.455 e. The van der Waals surface area contributed by atoms with Gasteiger partial charge < -0.3 is 14.6 Å². The van der Waals surface area contributed by atoms with E-state index < -0.39 is 46.6 Å². The number of amides is 2. The van der Waals surface area contributed by atoms with Crippen LogP contribution in [0.15, 0.2) is 66.7 Å². The molecular formula is C25H23NO6. The molecule has 2 bridgehead atoms. The highest BCUT2D eigenvalue weighted by molar-refractivity contribution is 6.24. The fraction of sp³-hybridized carbons (Fsp3) is 0.320. The first-order valence-electron chi connectivity index (χ1n) is 10.5. The van der Waals surface area contributed by atoms with Crippen LogP contribution in [0, 0.1) is 0 Å². The third kappa shape index (κ3) is 2.48. The van der Waals surface area contributed by atoms with Crippen molar-refractivity contribution >= 4 is 23.7 Å². The molecule has 3 aliphatic heterocycles. The maximum Gasteiger partial charge on any atom is 0.421 e. The molecule has 1 aliphatic carbocycles. The lowest BCUT2D eigenvalue weighted by Crippen LogP contribution is -2.71. The first kappa shape index (κ1) is 20.5. The number of imide groups is 1. The van der Waals surface area contributed by atoms with Crippen LogP contribution >= 0.6 is 0 Å². The molecular weight excluding hydrogens is 410 g/mol. The molecule has 4 aliphatic rings. The maximum absolute atomic E-state index is 14.2. The summed E-state index contributed by atoms with van der Waals surface area (Å²) in [6.07, 6.45) is 1.29. The lowest BCUT2D eigenvalue weighted by molar-refractivity contribution is -0.194. The van der Waals surface area contributed by atoms with E-state index in [2.05, 4.69) is 0 Å². The summed E-state index contributed by atoms with van der Waals surface area (Å²) in [7, 11) is 0. The normalized spacial score (nSPS) is 30.4. The Morgan fingerprint density at radius 2 is 1.72 bits per heavy atom. The van der Waals surface area contributed by atoms with Gasteiger partial charge in [-0.25, -0.2) is 14.5 Å². The first-order valence-corrected chi connectivity index (χ1v) is 10.5. The summed E-state index contributed by atoms with van der Waals surface area (Å²) in [5.41, 5.74) is -3.53. The topological polar surface area (TPSA) is 93.1 Å². The number of carbonyl (C=O) groups is 3. The molecule has 32 heavy (non-hydrogen) atoms. The molecule has 3 heterocycles. The fourth-order valence-corrected chi connectivity index (χ4v) is 5.17.